The van der Waals surface area contributed by atoms with Gasteiger partial charge in [-0.15, -0.1) is 0 Å². The molecule has 2 aliphatic heterocycles. The quantitative estimate of drug-likeness (QED) is 0.913. The van der Waals surface area contributed by atoms with Crippen molar-refractivity contribution in [1.29, 1.82) is 0 Å². The molecule has 0 aromatic heterocycles. The van der Waals surface area contributed by atoms with Crippen LogP contribution in [0.5, 0.6) is 0 Å². The monoisotopic (exact) mass is 335 g/mol. The number of carbonyl (C=O) groups excluding carboxylic acids is 2. The highest BCUT2D eigenvalue weighted by atomic mass is 35.5. The standard InChI is InChI=1S/C17H22ClN3O2/c1-20-15(22)8-14(16(20)12-3-2-4-13(18)7-12)17(23)21-6-5-11(9-19)10-21/h2-4,7,11,14,16H,5-6,8-10,19H2,1H3/t11-,14+,16+/m1/s1. The lowest BCUT2D eigenvalue weighted by Gasteiger charge is -2.28. The van der Waals surface area contributed by atoms with Crippen molar-refractivity contribution in [3.63, 3.8) is 0 Å². The molecule has 2 saturated heterocycles. The number of hydrogen-bond donors (Lipinski definition) is 1. The maximum atomic E-state index is 12.9. The molecule has 124 valence electrons. The molecule has 0 bridgehead atoms. The fourth-order valence-electron chi connectivity index (χ4n) is 3.70. The van der Waals surface area contributed by atoms with E-state index in [4.69, 9.17) is 17.3 Å². The molecule has 23 heavy (non-hydrogen) atoms. The van der Waals surface area contributed by atoms with E-state index in [-0.39, 0.29) is 30.2 Å². The van der Waals surface area contributed by atoms with Gasteiger partial charge in [-0.1, -0.05) is 23.7 Å². The van der Waals surface area contributed by atoms with Crippen molar-refractivity contribution in [1.82, 2.24) is 9.80 Å². The van der Waals surface area contributed by atoms with Gasteiger partial charge in [0.25, 0.3) is 0 Å². The second kappa shape index (κ2) is 6.49. The molecular weight excluding hydrogens is 314 g/mol. The van der Waals surface area contributed by atoms with Crippen LogP contribution >= 0.6 is 11.6 Å². The van der Waals surface area contributed by atoms with E-state index in [2.05, 4.69) is 0 Å². The molecule has 0 unspecified atom stereocenters. The van der Waals surface area contributed by atoms with Crippen LogP contribution in [-0.2, 0) is 9.59 Å². The van der Waals surface area contributed by atoms with Crippen LogP contribution in [0.15, 0.2) is 24.3 Å². The number of nitrogens with two attached hydrogens (primary N) is 1. The fraction of sp³-hybridized carbons (Fsp3) is 0.529. The largest absolute Gasteiger partial charge is 0.342 e. The zero-order chi connectivity index (χ0) is 16.6. The third-order valence-electron chi connectivity index (χ3n) is 5.02. The Morgan fingerprint density at radius 2 is 2.22 bits per heavy atom. The summed E-state index contributed by atoms with van der Waals surface area (Å²) in [7, 11) is 1.76. The van der Waals surface area contributed by atoms with Crippen molar-refractivity contribution < 1.29 is 9.59 Å². The van der Waals surface area contributed by atoms with Crippen LogP contribution in [0.1, 0.15) is 24.4 Å². The van der Waals surface area contributed by atoms with E-state index >= 15 is 0 Å². The van der Waals surface area contributed by atoms with Crippen LogP contribution in [0.25, 0.3) is 0 Å². The summed E-state index contributed by atoms with van der Waals surface area (Å²) in [6.07, 6.45) is 1.21. The molecule has 1 aromatic rings. The molecular formula is C17H22ClN3O2. The van der Waals surface area contributed by atoms with E-state index in [9.17, 15) is 9.59 Å². The minimum absolute atomic E-state index is 0.00268. The van der Waals surface area contributed by atoms with Gasteiger partial charge in [-0.05, 0) is 36.6 Å². The second-order valence-corrected chi connectivity index (χ2v) is 6.93. The van der Waals surface area contributed by atoms with Crippen LogP contribution in [-0.4, -0.2) is 48.3 Å². The van der Waals surface area contributed by atoms with Gasteiger partial charge in [-0.25, -0.2) is 0 Å². The number of amides is 2. The normalized spacial score (nSPS) is 27.8. The number of rotatable bonds is 3. The Hall–Kier alpha value is -1.59. The summed E-state index contributed by atoms with van der Waals surface area (Å²) < 4.78 is 0. The van der Waals surface area contributed by atoms with Gasteiger partial charge in [0.05, 0.1) is 12.0 Å². The van der Waals surface area contributed by atoms with Gasteiger partial charge in [0.2, 0.25) is 11.8 Å². The van der Waals surface area contributed by atoms with Gasteiger partial charge < -0.3 is 15.5 Å². The van der Waals surface area contributed by atoms with Crippen molar-refractivity contribution in [2.24, 2.45) is 17.6 Å². The molecule has 0 radical (unpaired) electrons. The molecule has 5 nitrogen and oxygen atoms in total. The predicted molar refractivity (Wildman–Crippen MR) is 88.8 cm³/mol. The number of nitrogens with zero attached hydrogens (tertiary/aromatic N) is 2. The Morgan fingerprint density at radius 1 is 1.43 bits per heavy atom. The maximum absolute atomic E-state index is 12.9. The average molecular weight is 336 g/mol. The minimum atomic E-state index is -0.345. The zero-order valence-electron chi connectivity index (χ0n) is 13.2. The Bertz CT molecular complexity index is 622. The van der Waals surface area contributed by atoms with Gasteiger partial charge in [0, 0.05) is 31.6 Å². The Kier molecular flexibility index (Phi) is 4.60. The summed E-state index contributed by atoms with van der Waals surface area (Å²) in [4.78, 5) is 28.7. The SMILES string of the molecule is CN1C(=O)C[C@H](C(=O)N2CC[C@H](CN)C2)[C@@H]1c1cccc(Cl)c1. The van der Waals surface area contributed by atoms with Crippen molar-refractivity contribution in [3.8, 4) is 0 Å². The highest BCUT2D eigenvalue weighted by Gasteiger charge is 2.45. The van der Waals surface area contributed by atoms with Crippen molar-refractivity contribution in [3.05, 3.63) is 34.9 Å². The van der Waals surface area contributed by atoms with Crippen LogP contribution < -0.4 is 5.73 Å². The second-order valence-electron chi connectivity index (χ2n) is 6.49. The molecule has 2 fully saturated rings. The van der Waals surface area contributed by atoms with E-state index < -0.39 is 0 Å². The lowest BCUT2D eigenvalue weighted by Crippen LogP contribution is -2.37. The van der Waals surface area contributed by atoms with Crippen LogP contribution in [0, 0.1) is 11.8 Å². The van der Waals surface area contributed by atoms with Gasteiger partial charge in [-0.2, -0.15) is 0 Å². The van der Waals surface area contributed by atoms with E-state index in [1.807, 2.05) is 23.1 Å². The van der Waals surface area contributed by atoms with Crippen LogP contribution in [0.2, 0.25) is 5.02 Å². The zero-order valence-corrected chi connectivity index (χ0v) is 14.0. The molecule has 2 amide bonds. The number of benzene rings is 1. The van der Waals surface area contributed by atoms with Gasteiger partial charge in [0.1, 0.15) is 0 Å². The molecule has 0 saturated carbocycles. The van der Waals surface area contributed by atoms with E-state index in [0.717, 1.165) is 18.5 Å². The fourth-order valence-corrected chi connectivity index (χ4v) is 3.90. The summed E-state index contributed by atoms with van der Waals surface area (Å²) in [5, 5.41) is 0.616. The first kappa shape index (κ1) is 16.3. The average Bonchev–Trinajstić information content (AvgIpc) is 3.12. The first-order chi connectivity index (χ1) is 11.0. The van der Waals surface area contributed by atoms with E-state index in [1.165, 1.54) is 0 Å². The van der Waals surface area contributed by atoms with Gasteiger partial charge >= 0.3 is 0 Å². The summed E-state index contributed by atoms with van der Waals surface area (Å²) in [5.74, 6) is 0.0902. The number of carbonyl (C=O) groups is 2. The summed E-state index contributed by atoms with van der Waals surface area (Å²) in [6.45, 7) is 2.04. The van der Waals surface area contributed by atoms with Gasteiger partial charge in [0.15, 0.2) is 0 Å². The first-order valence-corrected chi connectivity index (χ1v) is 8.39. The third kappa shape index (κ3) is 3.08. The minimum Gasteiger partial charge on any atom is -0.342 e. The highest BCUT2D eigenvalue weighted by molar-refractivity contribution is 6.30. The molecule has 3 atom stereocenters. The van der Waals surface area contributed by atoms with E-state index in [1.54, 1.807) is 18.0 Å². The van der Waals surface area contributed by atoms with Crippen LogP contribution in [0.3, 0.4) is 0 Å². The van der Waals surface area contributed by atoms with Crippen LogP contribution in [0.4, 0.5) is 0 Å². The molecule has 3 rings (SSSR count). The lowest BCUT2D eigenvalue weighted by molar-refractivity contribution is -0.135. The summed E-state index contributed by atoms with van der Waals surface area (Å²) in [6, 6.07) is 7.18. The number of halogens is 1. The summed E-state index contributed by atoms with van der Waals surface area (Å²) >= 11 is 6.09. The number of likely N-dealkylation sites (tertiary alicyclic amines) is 2. The molecule has 1 aromatic carbocycles. The molecule has 0 spiro atoms. The van der Waals surface area contributed by atoms with Crippen molar-refractivity contribution >= 4 is 23.4 Å². The molecule has 2 heterocycles. The Labute approximate surface area is 141 Å². The summed E-state index contributed by atoms with van der Waals surface area (Å²) in [5.41, 5.74) is 6.63. The Morgan fingerprint density at radius 3 is 2.87 bits per heavy atom. The van der Waals surface area contributed by atoms with Crippen molar-refractivity contribution in [2.45, 2.75) is 18.9 Å². The highest BCUT2D eigenvalue weighted by Crippen LogP contribution is 2.39. The first-order valence-electron chi connectivity index (χ1n) is 8.01. The third-order valence-corrected chi connectivity index (χ3v) is 5.26. The molecule has 2 aliphatic rings. The Balaban J connectivity index is 1.85. The maximum Gasteiger partial charge on any atom is 0.228 e. The molecule has 6 heteroatoms. The van der Waals surface area contributed by atoms with Crippen molar-refractivity contribution in [2.75, 3.05) is 26.7 Å². The lowest BCUT2D eigenvalue weighted by atomic mass is 9.92. The number of hydrogen-bond acceptors (Lipinski definition) is 3. The topological polar surface area (TPSA) is 66.6 Å². The smallest absolute Gasteiger partial charge is 0.228 e. The molecule has 0 aliphatic carbocycles. The molecule has 2 N–H and O–H groups in total. The van der Waals surface area contributed by atoms with E-state index in [0.29, 0.717) is 24.0 Å². The predicted octanol–water partition coefficient (Wildman–Crippen LogP) is 1.67. The van der Waals surface area contributed by atoms with Gasteiger partial charge in [-0.3, -0.25) is 9.59 Å².